The lowest BCUT2D eigenvalue weighted by Crippen LogP contribution is -2.31. The molecule has 0 heterocycles. The highest BCUT2D eigenvalue weighted by Gasteiger charge is 2.34. The Morgan fingerprint density at radius 3 is 1.57 bits per heavy atom. The van der Waals surface area contributed by atoms with E-state index in [1.165, 1.54) is 116 Å². The van der Waals surface area contributed by atoms with Crippen LogP contribution in [0.15, 0.2) is 24.3 Å². The fraction of sp³-hybridized carbons (Fsp3) is 0.833. The minimum atomic E-state index is 0.561. The molecule has 4 atom stereocenters. The van der Waals surface area contributed by atoms with Crippen LogP contribution in [0.1, 0.15) is 155 Å². The minimum absolute atomic E-state index is 0.561. The van der Waals surface area contributed by atoms with Crippen LogP contribution >= 0.6 is 0 Å². The average Bonchev–Trinajstić information content (AvgIpc) is 2.97. The third kappa shape index (κ3) is 18.7. The fourth-order valence-corrected chi connectivity index (χ4v) is 6.58. The number of hydrogen-bond donors (Lipinski definition) is 0. The van der Waals surface area contributed by atoms with Gasteiger partial charge in [0, 0.05) is 0 Å². The molecule has 4 unspecified atom stereocenters. The topological polar surface area (TPSA) is 52.6 Å². The lowest BCUT2D eigenvalue weighted by atomic mass is 9.65. The van der Waals surface area contributed by atoms with Gasteiger partial charge in [-0.05, 0) is 75.0 Å². The van der Waals surface area contributed by atoms with Crippen molar-refractivity contribution in [3.05, 3.63) is 24.3 Å². The van der Waals surface area contributed by atoms with E-state index in [1.54, 1.807) is 0 Å². The Labute approximate surface area is 248 Å². The largest absolute Gasteiger partial charge is 0.468 e. The van der Waals surface area contributed by atoms with Crippen LogP contribution < -0.4 is 0 Å². The SMILES string of the molecule is CCCCC/C=C/CC1C(CCCCCC)C=CC(CCCCCCCOC=O)C1CCCCCCCOC=O. The highest BCUT2D eigenvalue weighted by atomic mass is 16.5. The van der Waals surface area contributed by atoms with Crippen molar-refractivity contribution in [2.45, 2.75) is 155 Å². The summed E-state index contributed by atoms with van der Waals surface area (Å²) in [6.07, 6.45) is 38.1. The molecule has 0 saturated heterocycles. The van der Waals surface area contributed by atoms with Crippen LogP contribution in [0.5, 0.6) is 0 Å². The molecule has 0 aliphatic heterocycles. The molecule has 1 rings (SSSR count). The summed E-state index contributed by atoms with van der Waals surface area (Å²) in [7, 11) is 0. The van der Waals surface area contributed by atoms with E-state index in [4.69, 9.17) is 9.47 Å². The smallest absolute Gasteiger partial charge is 0.293 e. The normalized spacial score (nSPS) is 20.6. The van der Waals surface area contributed by atoms with Crippen molar-refractivity contribution in [1.29, 1.82) is 0 Å². The number of allylic oxidation sites excluding steroid dienone is 4. The molecule has 0 saturated carbocycles. The first-order valence-corrected chi connectivity index (χ1v) is 17.2. The highest BCUT2D eigenvalue weighted by Crippen LogP contribution is 2.44. The van der Waals surface area contributed by atoms with E-state index in [2.05, 4.69) is 38.2 Å². The fourth-order valence-electron chi connectivity index (χ4n) is 6.58. The van der Waals surface area contributed by atoms with Gasteiger partial charge < -0.3 is 9.47 Å². The van der Waals surface area contributed by atoms with Gasteiger partial charge >= 0.3 is 0 Å². The summed E-state index contributed by atoms with van der Waals surface area (Å²) in [6, 6.07) is 0. The molecule has 0 N–H and O–H groups in total. The Bertz CT molecular complexity index is 628. The summed E-state index contributed by atoms with van der Waals surface area (Å²) in [4.78, 5) is 20.7. The number of rotatable bonds is 29. The van der Waals surface area contributed by atoms with Gasteiger partial charge in [0.2, 0.25) is 0 Å². The predicted octanol–water partition coefficient (Wildman–Crippen LogP) is 10.5. The van der Waals surface area contributed by atoms with Crippen LogP contribution in [0.25, 0.3) is 0 Å². The van der Waals surface area contributed by atoms with Crippen molar-refractivity contribution < 1.29 is 19.1 Å². The minimum Gasteiger partial charge on any atom is -0.468 e. The van der Waals surface area contributed by atoms with Gasteiger partial charge in [0.25, 0.3) is 12.9 Å². The first-order chi connectivity index (χ1) is 19.8. The molecule has 4 heteroatoms. The summed E-state index contributed by atoms with van der Waals surface area (Å²) < 4.78 is 9.69. The number of carbonyl (C=O) groups excluding carboxylic acids is 2. The van der Waals surface area contributed by atoms with Gasteiger partial charge in [-0.3, -0.25) is 9.59 Å². The number of carbonyl (C=O) groups is 2. The van der Waals surface area contributed by atoms with E-state index < -0.39 is 0 Å². The zero-order valence-corrected chi connectivity index (χ0v) is 26.4. The second-order valence-corrected chi connectivity index (χ2v) is 12.1. The summed E-state index contributed by atoms with van der Waals surface area (Å²) in [5, 5.41) is 0. The quantitative estimate of drug-likeness (QED) is 0.0518. The highest BCUT2D eigenvalue weighted by molar-refractivity contribution is 5.37. The Kier molecular flexibility index (Phi) is 25.1. The van der Waals surface area contributed by atoms with E-state index in [-0.39, 0.29) is 0 Å². The summed E-state index contributed by atoms with van der Waals surface area (Å²) >= 11 is 0. The molecule has 0 aromatic carbocycles. The Hall–Kier alpha value is -1.58. The zero-order valence-electron chi connectivity index (χ0n) is 26.4. The van der Waals surface area contributed by atoms with Crippen LogP contribution in [-0.4, -0.2) is 26.2 Å². The molecule has 0 aromatic heterocycles. The molecular formula is C36H64O4. The molecule has 0 bridgehead atoms. The summed E-state index contributed by atoms with van der Waals surface area (Å²) in [6.45, 7) is 6.85. The third-order valence-corrected chi connectivity index (χ3v) is 8.93. The average molecular weight is 561 g/mol. The van der Waals surface area contributed by atoms with E-state index in [1.807, 2.05) is 0 Å². The van der Waals surface area contributed by atoms with E-state index in [0.29, 0.717) is 32.1 Å². The van der Waals surface area contributed by atoms with E-state index in [0.717, 1.165) is 43.4 Å². The van der Waals surface area contributed by atoms with Gasteiger partial charge in [0.1, 0.15) is 0 Å². The first-order valence-electron chi connectivity index (χ1n) is 17.2. The lowest BCUT2D eigenvalue weighted by molar-refractivity contribution is -0.129. The molecule has 0 amide bonds. The van der Waals surface area contributed by atoms with Crippen molar-refractivity contribution in [1.82, 2.24) is 0 Å². The molecule has 1 aliphatic carbocycles. The zero-order chi connectivity index (χ0) is 28.9. The molecular weight excluding hydrogens is 496 g/mol. The van der Waals surface area contributed by atoms with Gasteiger partial charge in [-0.2, -0.15) is 0 Å². The predicted molar refractivity (Wildman–Crippen MR) is 169 cm³/mol. The molecule has 0 radical (unpaired) electrons. The summed E-state index contributed by atoms with van der Waals surface area (Å²) in [5.74, 6) is 3.02. The van der Waals surface area contributed by atoms with Crippen LogP contribution in [0.4, 0.5) is 0 Å². The van der Waals surface area contributed by atoms with Crippen LogP contribution in [0.2, 0.25) is 0 Å². The summed E-state index contributed by atoms with van der Waals surface area (Å²) in [5.41, 5.74) is 0. The van der Waals surface area contributed by atoms with Crippen LogP contribution in [-0.2, 0) is 19.1 Å². The van der Waals surface area contributed by atoms with Crippen molar-refractivity contribution in [3.63, 3.8) is 0 Å². The Morgan fingerprint density at radius 1 is 0.525 bits per heavy atom. The maximum absolute atomic E-state index is 10.4. The van der Waals surface area contributed by atoms with E-state index in [9.17, 15) is 9.59 Å². The molecule has 0 spiro atoms. The standard InChI is InChI=1S/C36H64O4/c1-3-5-7-9-13-19-25-35-33(23-17-8-6-4-2)27-28-34(24-18-12-10-15-21-29-39-31-37)36(35)26-20-14-11-16-22-30-40-32-38/h13,19,27-28,31-36H,3-12,14-18,20-26,29-30H2,1-2H3/b19-13+. The molecule has 232 valence electrons. The molecule has 40 heavy (non-hydrogen) atoms. The third-order valence-electron chi connectivity index (χ3n) is 8.93. The second-order valence-electron chi connectivity index (χ2n) is 12.1. The second kappa shape index (κ2) is 27.6. The number of unbranched alkanes of at least 4 members (excludes halogenated alkanes) is 14. The van der Waals surface area contributed by atoms with Gasteiger partial charge in [-0.15, -0.1) is 0 Å². The number of ether oxygens (including phenoxy) is 2. The van der Waals surface area contributed by atoms with Crippen molar-refractivity contribution in [2.75, 3.05) is 13.2 Å². The van der Waals surface area contributed by atoms with Crippen molar-refractivity contribution in [3.8, 4) is 0 Å². The van der Waals surface area contributed by atoms with Crippen molar-refractivity contribution in [2.24, 2.45) is 23.7 Å². The monoisotopic (exact) mass is 560 g/mol. The maximum atomic E-state index is 10.4. The molecule has 0 fully saturated rings. The van der Waals surface area contributed by atoms with E-state index >= 15 is 0 Å². The maximum Gasteiger partial charge on any atom is 0.293 e. The van der Waals surface area contributed by atoms with Gasteiger partial charge in [0.15, 0.2) is 0 Å². The Balaban J connectivity index is 2.76. The molecule has 0 aromatic rings. The van der Waals surface area contributed by atoms with Crippen molar-refractivity contribution >= 4 is 12.9 Å². The lowest BCUT2D eigenvalue weighted by Gasteiger charge is -2.40. The van der Waals surface area contributed by atoms with Gasteiger partial charge in [-0.1, -0.05) is 128 Å². The van der Waals surface area contributed by atoms with Crippen LogP contribution in [0, 0.1) is 23.7 Å². The van der Waals surface area contributed by atoms with Gasteiger partial charge in [0.05, 0.1) is 13.2 Å². The molecule has 1 aliphatic rings. The molecule has 4 nitrogen and oxygen atoms in total. The number of hydrogen-bond acceptors (Lipinski definition) is 4. The first kappa shape index (κ1) is 36.4. The van der Waals surface area contributed by atoms with Gasteiger partial charge in [-0.25, -0.2) is 0 Å². The Morgan fingerprint density at radius 2 is 1.00 bits per heavy atom. The van der Waals surface area contributed by atoms with Crippen LogP contribution in [0.3, 0.4) is 0 Å².